The summed E-state index contributed by atoms with van der Waals surface area (Å²) in [6.45, 7) is 0. The third kappa shape index (κ3) is 5.89. The lowest BCUT2D eigenvalue weighted by Gasteiger charge is -2.11. The van der Waals surface area contributed by atoms with Gasteiger partial charge in [-0.15, -0.1) is 0 Å². The Hall–Kier alpha value is -4.32. The van der Waals surface area contributed by atoms with E-state index in [0.717, 1.165) is 22.7 Å². The summed E-state index contributed by atoms with van der Waals surface area (Å²) >= 11 is 3.29. The minimum absolute atomic E-state index is 0.143. The van der Waals surface area contributed by atoms with Crippen LogP contribution in [0.3, 0.4) is 0 Å². The molecule has 3 aromatic rings. The van der Waals surface area contributed by atoms with E-state index in [2.05, 4.69) is 26.5 Å². The van der Waals surface area contributed by atoms with Crippen molar-refractivity contribution >= 4 is 39.4 Å². The molecule has 0 spiro atoms. The van der Waals surface area contributed by atoms with Crippen LogP contribution >= 0.6 is 15.9 Å². The molecule has 33 heavy (non-hydrogen) atoms. The number of nitrogens with one attached hydrogen (secondary N) is 1. The highest BCUT2D eigenvalue weighted by molar-refractivity contribution is 9.10. The van der Waals surface area contributed by atoms with Crippen molar-refractivity contribution in [1.82, 2.24) is 5.43 Å². The lowest BCUT2D eigenvalue weighted by Crippen LogP contribution is -2.17. The van der Waals surface area contributed by atoms with Crippen LogP contribution in [0.1, 0.15) is 15.9 Å². The van der Waals surface area contributed by atoms with E-state index in [1.807, 2.05) is 0 Å². The zero-order valence-corrected chi connectivity index (χ0v) is 18.5. The van der Waals surface area contributed by atoms with Crippen molar-refractivity contribution in [2.45, 2.75) is 0 Å². The minimum Gasteiger partial charge on any atom is -0.493 e. The highest BCUT2D eigenvalue weighted by atomic mass is 79.9. The highest BCUT2D eigenvalue weighted by Gasteiger charge is 2.22. The van der Waals surface area contributed by atoms with Gasteiger partial charge in [-0.2, -0.15) is 5.10 Å². The molecule has 12 heteroatoms. The van der Waals surface area contributed by atoms with Gasteiger partial charge in [-0.3, -0.25) is 25.0 Å². The van der Waals surface area contributed by atoms with Crippen molar-refractivity contribution in [2.24, 2.45) is 5.10 Å². The van der Waals surface area contributed by atoms with Gasteiger partial charge in [-0.05, 0) is 48.0 Å². The molecule has 3 rings (SSSR count). The van der Waals surface area contributed by atoms with Crippen LogP contribution in [0.25, 0.3) is 0 Å². The fourth-order valence-electron chi connectivity index (χ4n) is 2.68. The van der Waals surface area contributed by atoms with Gasteiger partial charge in [0, 0.05) is 16.1 Å². The summed E-state index contributed by atoms with van der Waals surface area (Å²) in [5.74, 6) is -0.216. The molecule has 168 valence electrons. The molecule has 0 aliphatic carbocycles. The Kier molecular flexibility index (Phi) is 7.31. The maximum atomic E-state index is 12.1. The Bertz CT molecular complexity index is 1260. The van der Waals surface area contributed by atoms with Crippen LogP contribution in [-0.4, -0.2) is 29.1 Å². The number of non-ortho nitro benzene ring substituents is 1. The van der Waals surface area contributed by atoms with Crippen molar-refractivity contribution in [3.8, 4) is 17.2 Å². The molecule has 0 atom stereocenters. The first-order valence-electron chi connectivity index (χ1n) is 9.16. The Morgan fingerprint density at radius 1 is 1.00 bits per heavy atom. The van der Waals surface area contributed by atoms with Gasteiger partial charge in [0.15, 0.2) is 11.5 Å². The maximum Gasteiger partial charge on any atom is 0.318 e. The van der Waals surface area contributed by atoms with Crippen molar-refractivity contribution in [2.75, 3.05) is 7.11 Å². The number of carbonyl (C=O) groups excluding carboxylic acids is 1. The molecule has 3 aromatic carbocycles. The average Bonchev–Trinajstić information content (AvgIpc) is 2.79. The molecule has 0 bridgehead atoms. The number of rotatable bonds is 8. The topological polar surface area (TPSA) is 146 Å². The van der Waals surface area contributed by atoms with Crippen LogP contribution in [-0.2, 0) is 0 Å². The number of nitrogens with zero attached hydrogens (tertiary/aromatic N) is 3. The molecule has 1 N–H and O–H groups in total. The molecule has 11 nitrogen and oxygen atoms in total. The zero-order chi connectivity index (χ0) is 24.0. The molecule has 0 saturated carbocycles. The fourth-order valence-corrected chi connectivity index (χ4v) is 3.07. The van der Waals surface area contributed by atoms with Crippen molar-refractivity contribution in [1.29, 1.82) is 0 Å². The van der Waals surface area contributed by atoms with Crippen LogP contribution in [0.2, 0.25) is 0 Å². The third-order valence-electron chi connectivity index (χ3n) is 4.22. The number of hydrogen-bond acceptors (Lipinski definition) is 8. The number of benzene rings is 3. The normalized spacial score (nSPS) is 10.6. The molecule has 0 radical (unpaired) electrons. The van der Waals surface area contributed by atoms with Gasteiger partial charge in [0.25, 0.3) is 11.6 Å². The lowest BCUT2D eigenvalue weighted by atomic mass is 10.2. The molecule has 0 aliphatic rings. The van der Waals surface area contributed by atoms with Crippen LogP contribution in [0.5, 0.6) is 17.2 Å². The summed E-state index contributed by atoms with van der Waals surface area (Å²) in [7, 11) is 1.38. The molecule has 0 fully saturated rings. The first kappa shape index (κ1) is 23.3. The van der Waals surface area contributed by atoms with Gasteiger partial charge in [-0.1, -0.05) is 22.0 Å². The van der Waals surface area contributed by atoms with Crippen molar-refractivity contribution in [3.63, 3.8) is 0 Å². The SMILES string of the molecule is COc1cc(/C=N\NC(=O)c2cccc(Br)c2)ccc1Oc1ccc([N+](=O)[O-])cc1[N+](=O)[O-]. The second-order valence-electron chi connectivity index (χ2n) is 6.39. The van der Waals surface area contributed by atoms with Gasteiger partial charge >= 0.3 is 5.69 Å². The Labute approximate surface area is 195 Å². The quantitative estimate of drug-likeness (QED) is 0.257. The number of ether oxygens (including phenoxy) is 2. The zero-order valence-electron chi connectivity index (χ0n) is 16.9. The predicted octanol–water partition coefficient (Wildman–Crippen LogP) is 4.83. The number of nitro benzene ring substituents is 2. The fraction of sp³-hybridized carbons (Fsp3) is 0.0476. The van der Waals surface area contributed by atoms with Crippen molar-refractivity contribution < 1.29 is 24.1 Å². The van der Waals surface area contributed by atoms with E-state index in [9.17, 15) is 25.0 Å². The molecule has 0 unspecified atom stereocenters. The Balaban J connectivity index is 1.77. The minimum atomic E-state index is -0.774. The van der Waals surface area contributed by atoms with Crippen LogP contribution < -0.4 is 14.9 Å². The van der Waals surface area contributed by atoms with E-state index in [-0.39, 0.29) is 17.2 Å². The molecule has 0 heterocycles. The molecule has 0 aromatic heterocycles. The smallest absolute Gasteiger partial charge is 0.318 e. The van der Waals surface area contributed by atoms with E-state index < -0.39 is 27.1 Å². The largest absolute Gasteiger partial charge is 0.493 e. The summed E-state index contributed by atoms with van der Waals surface area (Å²) in [5.41, 5.74) is 2.38. The second kappa shape index (κ2) is 10.3. The molecule has 0 aliphatic heterocycles. The number of halogens is 1. The Morgan fingerprint density at radius 2 is 1.76 bits per heavy atom. The number of hydrazone groups is 1. The van der Waals surface area contributed by atoms with Gasteiger partial charge in [0.05, 0.1) is 29.2 Å². The third-order valence-corrected chi connectivity index (χ3v) is 4.72. The van der Waals surface area contributed by atoms with Crippen molar-refractivity contribution in [3.05, 3.63) is 96.5 Å². The molecular weight excluding hydrogens is 500 g/mol. The summed E-state index contributed by atoms with van der Waals surface area (Å²) in [6, 6.07) is 14.5. The van der Waals surface area contributed by atoms with E-state index >= 15 is 0 Å². The lowest BCUT2D eigenvalue weighted by molar-refractivity contribution is -0.394. The summed E-state index contributed by atoms with van der Waals surface area (Å²) < 4.78 is 11.6. The van der Waals surface area contributed by atoms with Crippen LogP contribution in [0.15, 0.2) is 70.2 Å². The highest BCUT2D eigenvalue weighted by Crippen LogP contribution is 2.38. The molecule has 0 saturated heterocycles. The van der Waals surface area contributed by atoms with Crippen LogP contribution in [0, 0.1) is 20.2 Å². The molecule has 1 amide bonds. The van der Waals surface area contributed by atoms with Gasteiger partial charge in [0.1, 0.15) is 0 Å². The van der Waals surface area contributed by atoms with Gasteiger partial charge in [0.2, 0.25) is 5.75 Å². The summed E-state index contributed by atoms with van der Waals surface area (Å²) in [4.78, 5) is 32.8. The van der Waals surface area contributed by atoms with Gasteiger partial charge in [-0.25, -0.2) is 5.43 Å². The van der Waals surface area contributed by atoms with E-state index in [0.29, 0.717) is 11.1 Å². The van der Waals surface area contributed by atoms with E-state index in [4.69, 9.17) is 9.47 Å². The predicted molar refractivity (Wildman–Crippen MR) is 122 cm³/mol. The van der Waals surface area contributed by atoms with E-state index in [1.165, 1.54) is 19.4 Å². The standard InChI is InChI=1S/C21H15BrN4O7/c1-32-20-9-13(12-23-24-21(27)14-3-2-4-15(22)10-14)5-7-19(20)33-18-8-6-16(25(28)29)11-17(18)26(30)31/h2-12H,1H3,(H,24,27)/b23-12-. The number of amides is 1. The first-order valence-corrected chi connectivity index (χ1v) is 9.95. The number of hydrogen-bond donors (Lipinski definition) is 1. The Morgan fingerprint density at radius 3 is 2.42 bits per heavy atom. The number of nitro groups is 2. The number of carbonyl (C=O) groups is 1. The monoisotopic (exact) mass is 514 g/mol. The summed E-state index contributed by atoms with van der Waals surface area (Å²) in [6.07, 6.45) is 1.39. The molecular formula is C21H15BrN4O7. The average molecular weight is 515 g/mol. The van der Waals surface area contributed by atoms with Gasteiger partial charge < -0.3 is 9.47 Å². The first-order chi connectivity index (χ1) is 15.8. The number of methoxy groups -OCH3 is 1. The van der Waals surface area contributed by atoms with E-state index in [1.54, 1.807) is 36.4 Å². The maximum absolute atomic E-state index is 12.1. The second-order valence-corrected chi connectivity index (χ2v) is 7.30. The summed E-state index contributed by atoms with van der Waals surface area (Å²) in [5, 5.41) is 26.1. The van der Waals surface area contributed by atoms with Crippen LogP contribution in [0.4, 0.5) is 11.4 Å².